The number of anilines is 1. The van der Waals surface area contributed by atoms with Gasteiger partial charge in [-0.2, -0.15) is 0 Å². The molecule has 1 N–H and O–H groups in total. The number of hydrogen-bond acceptors (Lipinski definition) is 4. The van der Waals surface area contributed by atoms with Gasteiger partial charge in [-0.1, -0.05) is 23.7 Å². The maximum atomic E-state index is 12.6. The Morgan fingerprint density at radius 3 is 2.79 bits per heavy atom. The quantitative estimate of drug-likeness (QED) is 0.675. The summed E-state index contributed by atoms with van der Waals surface area (Å²) < 4.78 is 7.03. The van der Waals surface area contributed by atoms with E-state index in [1.165, 1.54) is 10.9 Å². The number of ether oxygens (including phenoxy) is 1. The Hall–Kier alpha value is -2.86. The Kier molecular flexibility index (Phi) is 5.99. The number of rotatable bonds is 6. The molecule has 0 saturated carbocycles. The Balaban J connectivity index is 1.66. The number of halogens is 1. The molecule has 28 heavy (non-hydrogen) atoms. The number of carbonyl (C=O) groups is 1. The zero-order valence-electron chi connectivity index (χ0n) is 16.0. The minimum Gasteiger partial charge on any atom is -0.489 e. The molecular formula is C21H22ClN3O3. The van der Waals surface area contributed by atoms with E-state index in [9.17, 15) is 9.59 Å². The van der Waals surface area contributed by atoms with Crippen LogP contribution in [0.15, 0.2) is 47.5 Å². The van der Waals surface area contributed by atoms with E-state index in [4.69, 9.17) is 16.3 Å². The molecule has 0 aliphatic heterocycles. The van der Waals surface area contributed by atoms with Crippen LogP contribution in [-0.4, -0.2) is 21.6 Å². The third-order valence-corrected chi connectivity index (χ3v) is 4.51. The predicted octanol–water partition coefficient (Wildman–Crippen LogP) is 4.17. The monoisotopic (exact) mass is 399 g/mol. The van der Waals surface area contributed by atoms with E-state index in [2.05, 4.69) is 10.3 Å². The summed E-state index contributed by atoms with van der Waals surface area (Å²) >= 11 is 6.19. The van der Waals surface area contributed by atoms with E-state index in [0.29, 0.717) is 27.4 Å². The van der Waals surface area contributed by atoms with Crippen molar-refractivity contribution in [2.45, 2.75) is 39.8 Å². The minimum absolute atomic E-state index is 0.00982. The van der Waals surface area contributed by atoms with Crippen LogP contribution in [0.3, 0.4) is 0 Å². The summed E-state index contributed by atoms with van der Waals surface area (Å²) in [6.07, 6.45) is 1.64. The lowest BCUT2D eigenvalue weighted by atomic mass is 10.1. The number of nitrogens with zero attached hydrogens (tertiary/aromatic N) is 2. The summed E-state index contributed by atoms with van der Waals surface area (Å²) in [6, 6.07) is 10.6. The molecular weight excluding hydrogens is 378 g/mol. The van der Waals surface area contributed by atoms with Gasteiger partial charge in [-0.15, -0.1) is 0 Å². The van der Waals surface area contributed by atoms with Crippen LogP contribution in [0.4, 0.5) is 5.69 Å². The second-order valence-corrected chi connectivity index (χ2v) is 7.23. The lowest BCUT2D eigenvalue weighted by Gasteiger charge is -2.13. The summed E-state index contributed by atoms with van der Waals surface area (Å²) in [5, 5.41) is 3.76. The highest BCUT2D eigenvalue weighted by molar-refractivity contribution is 6.32. The van der Waals surface area contributed by atoms with Crippen molar-refractivity contribution in [3.63, 3.8) is 0 Å². The Morgan fingerprint density at radius 1 is 1.29 bits per heavy atom. The summed E-state index contributed by atoms with van der Waals surface area (Å²) in [4.78, 5) is 29.2. The minimum atomic E-state index is -0.218. The molecule has 3 rings (SSSR count). The molecule has 6 nitrogen and oxygen atoms in total. The van der Waals surface area contributed by atoms with Gasteiger partial charge < -0.3 is 10.1 Å². The molecule has 0 bridgehead atoms. The van der Waals surface area contributed by atoms with Crippen molar-refractivity contribution in [1.82, 2.24) is 9.55 Å². The third kappa shape index (κ3) is 4.51. The summed E-state index contributed by atoms with van der Waals surface area (Å²) in [7, 11) is 0. The van der Waals surface area contributed by atoms with Gasteiger partial charge in [-0.3, -0.25) is 14.2 Å². The second kappa shape index (κ2) is 8.44. The number of carbonyl (C=O) groups excluding carboxylic acids is 1. The molecule has 7 heteroatoms. The Morgan fingerprint density at radius 2 is 2.07 bits per heavy atom. The molecule has 0 aliphatic carbocycles. The van der Waals surface area contributed by atoms with E-state index >= 15 is 0 Å². The first-order valence-electron chi connectivity index (χ1n) is 9.06. The molecule has 3 aromatic rings. The van der Waals surface area contributed by atoms with Crippen LogP contribution in [0.5, 0.6) is 5.75 Å². The van der Waals surface area contributed by atoms with Crippen LogP contribution in [0, 0.1) is 6.92 Å². The largest absolute Gasteiger partial charge is 0.489 e. The average Bonchev–Trinajstić information content (AvgIpc) is 2.64. The van der Waals surface area contributed by atoms with Gasteiger partial charge in [0.2, 0.25) is 5.91 Å². The highest BCUT2D eigenvalue weighted by Crippen LogP contribution is 2.28. The van der Waals surface area contributed by atoms with Crippen molar-refractivity contribution in [2.24, 2.45) is 0 Å². The van der Waals surface area contributed by atoms with Gasteiger partial charge in [-0.05, 0) is 50.6 Å². The molecule has 1 amide bonds. The SMILES string of the molecule is Cc1cccc2c(=O)n(CCC(=O)Nc3ccc(OC(C)C)c(Cl)c3)cnc12. The van der Waals surface area contributed by atoms with E-state index in [1.54, 1.807) is 24.3 Å². The maximum Gasteiger partial charge on any atom is 0.261 e. The highest BCUT2D eigenvalue weighted by Gasteiger charge is 2.10. The lowest BCUT2D eigenvalue weighted by molar-refractivity contribution is -0.116. The van der Waals surface area contributed by atoms with Gasteiger partial charge in [0.05, 0.1) is 28.4 Å². The fourth-order valence-corrected chi connectivity index (χ4v) is 3.10. The number of hydrogen-bond donors (Lipinski definition) is 1. The van der Waals surface area contributed by atoms with Crippen molar-refractivity contribution in [3.05, 3.63) is 63.7 Å². The van der Waals surface area contributed by atoms with E-state index in [1.807, 2.05) is 32.9 Å². The number of amides is 1. The molecule has 0 spiro atoms. The average molecular weight is 400 g/mol. The fourth-order valence-electron chi connectivity index (χ4n) is 2.87. The number of aromatic nitrogens is 2. The summed E-state index contributed by atoms with van der Waals surface area (Å²) in [5.74, 6) is 0.351. The Bertz CT molecular complexity index is 1080. The van der Waals surface area contributed by atoms with Crippen molar-refractivity contribution in [1.29, 1.82) is 0 Å². The molecule has 0 saturated heterocycles. The molecule has 0 aliphatic rings. The number of nitrogens with one attached hydrogen (secondary N) is 1. The maximum absolute atomic E-state index is 12.6. The zero-order valence-corrected chi connectivity index (χ0v) is 16.8. The van der Waals surface area contributed by atoms with E-state index in [-0.39, 0.29) is 30.5 Å². The van der Waals surface area contributed by atoms with Gasteiger partial charge in [-0.25, -0.2) is 4.98 Å². The third-order valence-electron chi connectivity index (χ3n) is 4.21. The number of fused-ring (bicyclic) bond motifs is 1. The van der Waals surface area contributed by atoms with Crippen LogP contribution >= 0.6 is 11.6 Å². The fraction of sp³-hybridized carbons (Fsp3) is 0.286. The van der Waals surface area contributed by atoms with Crippen molar-refractivity contribution in [3.8, 4) is 5.75 Å². The topological polar surface area (TPSA) is 73.2 Å². The molecule has 146 valence electrons. The normalized spacial score (nSPS) is 11.0. The van der Waals surface area contributed by atoms with Gasteiger partial charge in [0.1, 0.15) is 5.75 Å². The lowest BCUT2D eigenvalue weighted by Crippen LogP contribution is -2.23. The molecule has 0 fully saturated rings. The van der Waals surface area contributed by atoms with Crippen LogP contribution < -0.4 is 15.6 Å². The first-order chi connectivity index (χ1) is 13.3. The number of para-hydroxylation sites is 1. The summed E-state index contributed by atoms with van der Waals surface area (Å²) in [6.45, 7) is 5.98. The van der Waals surface area contributed by atoms with Gasteiger partial charge in [0.25, 0.3) is 5.56 Å². The zero-order chi connectivity index (χ0) is 20.3. The van der Waals surface area contributed by atoms with Gasteiger partial charge in [0, 0.05) is 18.7 Å². The molecule has 1 heterocycles. The van der Waals surface area contributed by atoms with Crippen LogP contribution in [-0.2, 0) is 11.3 Å². The predicted molar refractivity (Wildman–Crippen MR) is 111 cm³/mol. The van der Waals surface area contributed by atoms with E-state index in [0.717, 1.165) is 5.56 Å². The van der Waals surface area contributed by atoms with Gasteiger partial charge >= 0.3 is 0 Å². The Labute approximate surface area is 168 Å². The number of aryl methyl sites for hydroxylation is 2. The highest BCUT2D eigenvalue weighted by atomic mass is 35.5. The number of benzene rings is 2. The molecule has 1 aromatic heterocycles. The van der Waals surface area contributed by atoms with E-state index < -0.39 is 0 Å². The molecule has 2 aromatic carbocycles. The summed E-state index contributed by atoms with van der Waals surface area (Å²) in [5.41, 5.74) is 2.05. The first-order valence-corrected chi connectivity index (χ1v) is 9.44. The van der Waals surface area contributed by atoms with Crippen molar-refractivity contribution in [2.75, 3.05) is 5.32 Å². The van der Waals surface area contributed by atoms with Crippen molar-refractivity contribution >= 4 is 34.1 Å². The smallest absolute Gasteiger partial charge is 0.261 e. The molecule has 0 unspecified atom stereocenters. The van der Waals surface area contributed by atoms with Crippen molar-refractivity contribution < 1.29 is 9.53 Å². The molecule has 0 atom stereocenters. The molecule has 0 radical (unpaired) electrons. The van der Waals surface area contributed by atoms with Crippen LogP contribution in [0.2, 0.25) is 5.02 Å². The van der Waals surface area contributed by atoms with Gasteiger partial charge in [0.15, 0.2) is 0 Å². The van der Waals surface area contributed by atoms with Crippen LogP contribution in [0.25, 0.3) is 10.9 Å². The second-order valence-electron chi connectivity index (χ2n) is 6.82. The van der Waals surface area contributed by atoms with Crippen LogP contribution in [0.1, 0.15) is 25.8 Å². The standard InChI is InChI=1S/C21H22ClN3O3/c1-13(2)28-18-8-7-15(11-17(18)22)24-19(26)9-10-25-12-23-20-14(3)5-4-6-16(20)21(25)27/h4-8,11-13H,9-10H2,1-3H3,(H,24,26). The first kappa shape index (κ1) is 19.9.